The zero-order valence-electron chi connectivity index (χ0n) is 13.6. The predicted octanol–water partition coefficient (Wildman–Crippen LogP) is 2.84. The summed E-state index contributed by atoms with van der Waals surface area (Å²) in [6.45, 7) is 7.57. The van der Waals surface area contributed by atoms with E-state index in [0.29, 0.717) is 0 Å². The van der Waals surface area contributed by atoms with Crippen LogP contribution < -0.4 is 5.32 Å². The minimum atomic E-state index is 0.729. The van der Waals surface area contributed by atoms with Crippen molar-refractivity contribution in [3.05, 3.63) is 23.5 Å². The number of thiazole rings is 1. The molecule has 1 aliphatic heterocycles. The Bertz CT molecular complexity index is 613. The second-order valence-electron chi connectivity index (χ2n) is 6.46. The van der Waals surface area contributed by atoms with Gasteiger partial charge in [-0.3, -0.25) is 9.39 Å². The Hall–Kier alpha value is -1.56. The third-order valence-electron chi connectivity index (χ3n) is 4.17. The smallest absolute Gasteiger partial charge is 0.193 e. The minimum Gasteiger partial charge on any atom is -0.351 e. The van der Waals surface area contributed by atoms with Crippen LogP contribution in [0.3, 0.4) is 0 Å². The fourth-order valence-electron chi connectivity index (χ4n) is 3.25. The third-order valence-corrected chi connectivity index (χ3v) is 4.94. The fourth-order valence-corrected chi connectivity index (χ4v) is 3.97. The maximum Gasteiger partial charge on any atom is 0.193 e. The van der Waals surface area contributed by atoms with Crippen LogP contribution in [0.4, 0.5) is 0 Å². The topological polar surface area (TPSA) is 44.9 Å². The van der Waals surface area contributed by atoms with E-state index in [1.54, 1.807) is 11.3 Å². The summed E-state index contributed by atoms with van der Waals surface area (Å²) in [6.07, 6.45) is 6.71. The number of aromatic nitrogens is 2. The summed E-state index contributed by atoms with van der Waals surface area (Å²) in [6, 6.07) is 0. The molecule has 1 N–H and O–H groups in total. The Morgan fingerprint density at radius 1 is 1.55 bits per heavy atom. The van der Waals surface area contributed by atoms with Crippen LogP contribution in [0.5, 0.6) is 0 Å². The van der Waals surface area contributed by atoms with Gasteiger partial charge < -0.3 is 10.2 Å². The Balaban J connectivity index is 1.55. The highest BCUT2D eigenvalue weighted by Gasteiger charge is 2.25. The van der Waals surface area contributed by atoms with E-state index in [4.69, 9.17) is 0 Å². The SMILES string of the molecule is CN=C(NCc1cn2ccsc2n1)N1CCC(CC(C)C)C1. The van der Waals surface area contributed by atoms with Gasteiger partial charge in [-0.2, -0.15) is 0 Å². The van der Waals surface area contributed by atoms with Gasteiger partial charge in [-0.1, -0.05) is 13.8 Å². The predicted molar refractivity (Wildman–Crippen MR) is 92.4 cm³/mol. The fraction of sp³-hybridized carbons (Fsp3) is 0.625. The van der Waals surface area contributed by atoms with Gasteiger partial charge >= 0.3 is 0 Å². The number of rotatable bonds is 4. The Morgan fingerprint density at radius 2 is 2.41 bits per heavy atom. The van der Waals surface area contributed by atoms with Gasteiger partial charge in [-0.15, -0.1) is 11.3 Å². The third kappa shape index (κ3) is 3.43. The highest BCUT2D eigenvalue weighted by Crippen LogP contribution is 2.23. The van der Waals surface area contributed by atoms with Crippen molar-refractivity contribution in [1.82, 2.24) is 19.6 Å². The number of nitrogens with zero attached hydrogens (tertiary/aromatic N) is 4. The molecule has 2 aromatic rings. The molecule has 3 heterocycles. The first-order chi connectivity index (χ1) is 10.7. The van der Waals surface area contributed by atoms with E-state index in [-0.39, 0.29) is 0 Å². The van der Waals surface area contributed by atoms with Gasteiger partial charge in [0, 0.05) is 37.9 Å². The van der Waals surface area contributed by atoms with Crippen LogP contribution in [-0.4, -0.2) is 40.4 Å². The van der Waals surface area contributed by atoms with Crippen LogP contribution >= 0.6 is 11.3 Å². The number of aliphatic imine (C=N–C) groups is 1. The quantitative estimate of drug-likeness (QED) is 0.696. The largest absolute Gasteiger partial charge is 0.351 e. The molecule has 0 aromatic carbocycles. The average Bonchev–Trinajstić information content (AvgIpc) is 3.14. The first-order valence-corrected chi connectivity index (χ1v) is 8.90. The number of imidazole rings is 1. The molecule has 1 unspecified atom stereocenters. The van der Waals surface area contributed by atoms with Gasteiger partial charge in [0.1, 0.15) is 0 Å². The summed E-state index contributed by atoms with van der Waals surface area (Å²) in [5.74, 6) is 2.58. The molecule has 2 aromatic heterocycles. The number of guanidine groups is 1. The van der Waals surface area contributed by atoms with Gasteiger partial charge in [0.15, 0.2) is 10.9 Å². The first-order valence-electron chi connectivity index (χ1n) is 8.02. The summed E-state index contributed by atoms with van der Waals surface area (Å²) < 4.78 is 2.07. The molecular weight excluding hydrogens is 294 g/mol. The van der Waals surface area contributed by atoms with Crippen molar-refractivity contribution in [3.8, 4) is 0 Å². The summed E-state index contributed by atoms with van der Waals surface area (Å²) in [7, 11) is 1.86. The van der Waals surface area contributed by atoms with Crippen LogP contribution in [0, 0.1) is 11.8 Å². The second-order valence-corrected chi connectivity index (χ2v) is 7.33. The normalized spacial score (nSPS) is 19.5. The molecule has 1 atom stereocenters. The molecular formula is C16H25N5S. The standard InChI is InChI=1S/C16H25N5S/c1-12(2)8-13-4-5-20(10-13)15(17-3)18-9-14-11-21-6-7-22-16(21)19-14/h6-7,11-13H,4-5,8-10H2,1-3H3,(H,17,18). The van der Waals surface area contributed by atoms with Crippen LogP contribution in [0.2, 0.25) is 0 Å². The average molecular weight is 319 g/mol. The van der Waals surface area contributed by atoms with Crippen LogP contribution in [0.25, 0.3) is 4.96 Å². The van der Waals surface area contributed by atoms with Crippen molar-refractivity contribution in [1.29, 1.82) is 0 Å². The number of likely N-dealkylation sites (tertiary alicyclic amines) is 1. The molecule has 0 aliphatic carbocycles. The lowest BCUT2D eigenvalue weighted by Crippen LogP contribution is -2.39. The molecule has 5 nitrogen and oxygen atoms in total. The first kappa shape index (κ1) is 15.3. The van der Waals surface area contributed by atoms with Crippen LogP contribution in [0.15, 0.2) is 22.8 Å². The van der Waals surface area contributed by atoms with E-state index in [9.17, 15) is 0 Å². The van der Waals surface area contributed by atoms with Gasteiger partial charge in [0.25, 0.3) is 0 Å². The van der Waals surface area contributed by atoms with Gasteiger partial charge in [-0.25, -0.2) is 4.98 Å². The maximum atomic E-state index is 4.61. The number of fused-ring (bicyclic) bond motifs is 1. The molecule has 6 heteroatoms. The second kappa shape index (κ2) is 6.69. The summed E-state index contributed by atoms with van der Waals surface area (Å²) >= 11 is 1.66. The van der Waals surface area contributed by atoms with E-state index in [1.807, 2.05) is 13.2 Å². The maximum absolute atomic E-state index is 4.61. The Morgan fingerprint density at radius 3 is 3.14 bits per heavy atom. The molecule has 0 spiro atoms. The van der Waals surface area contributed by atoms with E-state index < -0.39 is 0 Å². The molecule has 3 rings (SSSR count). The van der Waals surface area contributed by atoms with E-state index in [1.165, 1.54) is 12.8 Å². The molecule has 1 aliphatic rings. The lowest BCUT2D eigenvalue weighted by atomic mass is 9.97. The van der Waals surface area contributed by atoms with Crippen molar-refractivity contribution in [2.45, 2.75) is 33.2 Å². The molecule has 0 amide bonds. The van der Waals surface area contributed by atoms with Crippen molar-refractivity contribution in [2.24, 2.45) is 16.8 Å². The molecule has 1 fully saturated rings. The lowest BCUT2D eigenvalue weighted by Gasteiger charge is -2.21. The van der Waals surface area contributed by atoms with Crippen molar-refractivity contribution < 1.29 is 0 Å². The van der Waals surface area contributed by atoms with Gasteiger partial charge in [-0.05, 0) is 24.7 Å². The Labute approximate surface area is 136 Å². The number of hydrogen-bond acceptors (Lipinski definition) is 3. The number of hydrogen-bond donors (Lipinski definition) is 1. The molecule has 1 saturated heterocycles. The van der Waals surface area contributed by atoms with Crippen molar-refractivity contribution in [2.75, 3.05) is 20.1 Å². The minimum absolute atomic E-state index is 0.729. The monoisotopic (exact) mass is 319 g/mol. The molecule has 22 heavy (non-hydrogen) atoms. The lowest BCUT2D eigenvalue weighted by molar-refractivity contribution is 0.403. The summed E-state index contributed by atoms with van der Waals surface area (Å²) in [5, 5.41) is 5.51. The van der Waals surface area contributed by atoms with E-state index in [2.05, 4.69) is 50.0 Å². The van der Waals surface area contributed by atoms with E-state index >= 15 is 0 Å². The number of nitrogens with one attached hydrogen (secondary N) is 1. The van der Waals surface area contributed by atoms with Gasteiger partial charge in [0.2, 0.25) is 0 Å². The molecule has 120 valence electrons. The summed E-state index contributed by atoms with van der Waals surface area (Å²) in [5.41, 5.74) is 1.06. The van der Waals surface area contributed by atoms with Crippen LogP contribution in [-0.2, 0) is 6.54 Å². The molecule has 0 bridgehead atoms. The zero-order chi connectivity index (χ0) is 15.5. The van der Waals surface area contributed by atoms with E-state index in [0.717, 1.165) is 48.1 Å². The highest BCUT2D eigenvalue weighted by atomic mass is 32.1. The summed E-state index contributed by atoms with van der Waals surface area (Å²) in [4.78, 5) is 12.5. The van der Waals surface area contributed by atoms with Crippen molar-refractivity contribution >= 4 is 22.3 Å². The highest BCUT2D eigenvalue weighted by molar-refractivity contribution is 7.15. The molecule has 0 radical (unpaired) electrons. The van der Waals surface area contributed by atoms with Gasteiger partial charge in [0.05, 0.1) is 12.2 Å². The van der Waals surface area contributed by atoms with Crippen molar-refractivity contribution in [3.63, 3.8) is 0 Å². The molecule has 0 saturated carbocycles. The van der Waals surface area contributed by atoms with Crippen LogP contribution in [0.1, 0.15) is 32.4 Å². The Kier molecular flexibility index (Phi) is 4.66. The zero-order valence-corrected chi connectivity index (χ0v) is 14.4.